The number of allylic oxidation sites excluding steroid dienone is 3. The molecule has 0 radical (unpaired) electrons. The van der Waals surface area contributed by atoms with Gasteiger partial charge in [-0.2, -0.15) is 0 Å². The summed E-state index contributed by atoms with van der Waals surface area (Å²) in [6, 6.07) is 0. The third-order valence-corrected chi connectivity index (χ3v) is 9.55. The molecule has 0 rings (SSSR count). The third kappa shape index (κ3) is 31.1. The molecule has 0 heterocycles. The molecule has 0 aliphatic carbocycles. The largest absolute Gasteiger partial charge is 0.748 e. The summed E-state index contributed by atoms with van der Waals surface area (Å²) in [6.07, 6.45) is 48.7. The Balaban J connectivity index is 5.13. The molecule has 0 unspecified atom stereocenters. The van der Waals surface area contributed by atoms with E-state index in [1.807, 2.05) is 0 Å². The molecule has 0 aromatic carbocycles. The Morgan fingerprint density at radius 3 is 0.977 bits per heavy atom. The fourth-order valence-corrected chi connectivity index (χ4v) is 6.37. The summed E-state index contributed by atoms with van der Waals surface area (Å²) in [5.74, 6) is -0.295. The van der Waals surface area contributed by atoms with E-state index in [4.69, 9.17) is 0 Å². The van der Waals surface area contributed by atoms with Crippen molar-refractivity contribution in [2.24, 2.45) is 0 Å². The van der Waals surface area contributed by atoms with E-state index in [1.165, 1.54) is 154 Å². The van der Waals surface area contributed by atoms with Crippen LogP contribution >= 0.6 is 0 Å². The van der Waals surface area contributed by atoms with E-state index < -0.39 is 10.1 Å². The van der Waals surface area contributed by atoms with Gasteiger partial charge in [0, 0.05) is 12.2 Å². The number of rotatable bonds is 34. The normalized spacial score (nSPS) is 12.9. The van der Waals surface area contributed by atoms with Gasteiger partial charge in [-0.25, -0.2) is 12.9 Å². The molecule has 0 spiro atoms. The molecule has 0 N–H and O–H groups in total. The van der Waals surface area contributed by atoms with Gasteiger partial charge >= 0.3 is 0 Å². The standard InChI is InChI=1S/C39H75NO3S/c1-4-7-10-13-16-19-22-25-28-31-35-40(38-34-39-44(41,42)43,36-32-29-26-23-20-17-14-11-8-5-2)37-33-30-27-24-21-18-15-12-9-6-3/h31-33,35-37H,4-30,34,38-39H2,1-3H3/b35-31+,36-32+,37-33+. The Bertz CT molecular complexity index is 713. The third-order valence-electron chi connectivity index (χ3n) is 8.76. The van der Waals surface area contributed by atoms with Crippen LogP contribution in [-0.2, 0) is 10.1 Å². The number of hydrogen-bond donors (Lipinski definition) is 0. The van der Waals surface area contributed by atoms with Gasteiger partial charge in [0.2, 0.25) is 0 Å². The minimum Gasteiger partial charge on any atom is -0.748 e. The highest BCUT2D eigenvalue weighted by atomic mass is 32.2. The maximum atomic E-state index is 11.4. The van der Waals surface area contributed by atoms with Crippen molar-refractivity contribution < 1.29 is 17.5 Å². The molecule has 0 atom stereocenters. The van der Waals surface area contributed by atoms with Crippen LogP contribution in [-0.4, -0.2) is 29.8 Å². The van der Waals surface area contributed by atoms with Gasteiger partial charge in [-0.3, -0.25) is 0 Å². The molecule has 0 bridgehead atoms. The van der Waals surface area contributed by atoms with Gasteiger partial charge in [0.15, 0.2) is 0 Å². The van der Waals surface area contributed by atoms with Crippen LogP contribution < -0.4 is 0 Å². The molecule has 0 aliphatic heterocycles. The Kier molecular flexibility index (Phi) is 31.4. The second-order valence-electron chi connectivity index (χ2n) is 13.3. The van der Waals surface area contributed by atoms with E-state index in [-0.39, 0.29) is 5.75 Å². The summed E-state index contributed by atoms with van der Waals surface area (Å²) >= 11 is 0. The first-order valence-electron chi connectivity index (χ1n) is 19.2. The Morgan fingerprint density at radius 1 is 0.432 bits per heavy atom. The lowest BCUT2D eigenvalue weighted by Gasteiger charge is -2.27. The molecular weight excluding hydrogens is 563 g/mol. The molecule has 44 heavy (non-hydrogen) atoms. The van der Waals surface area contributed by atoms with Crippen molar-refractivity contribution in [3.63, 3.8) is 0 Å². The van der Waals surface area contributed by atoms with Crippen molar-refractivity contribution in [3.8, 4) is 0 Å². The first-order valence-corrected chi connectivity index (χ1v) is 20.8. The predicted molar refractivity (Wildman–Crippen MR) is 193 cm³/mol. The fraction of sp³-hybridized carbons (Fsp3) is 0.846. The number of hydrogen-bond acceptors (Lipinski definition) is 3. The summed E-state index contributed by atoms with van der Waals surface area (Å²) in [4.78, 5) is 0. The topological polar surface area (TPSA) is 57.2 Å². The van der Waals surface area contributed by atoms with Gasteiger partial charge in [-0.05, 0) is 56.8 Å². The van der Waals surface area contributed by atoms with E-state index in [1.54, 1.807) is 0 Å². The van der Waals surface area contributed by atoms with Gasteiger partial charge in [0.05, 0.1) is 16.7 Å². The fourth-order valence-electron chi connectivity index (χ4n) is 5.89. The molecule has 0 fully saturated rings. The lowest BCUT2D eigenvalue weighted by molar-refractivity contribution is -0.773. The molecule has 260 valence electrons. The highest BCUT2D eigenvalue weighted by molar-refractivity contribution is 7.85. The Labute approximate surface area is 276 Å². The number of nitrogens with zero attached hydrogens (tertiary/aromatic N) is 1. The number of quaternary nitrogens is 1. The maximum Gasteiger partial charge on any atom is 0.101 e. The van der Waals surface area contributed by atoms with E-state index in [9.17, 15) is 13.0 Å². The number of unbranched alkanes of at least 4 members (excludes halogenated alkanes) is 24. The van der Waals surface area contributed by atoms with Crippen molar-refractivity contribution in [3.05, 3.63) is 36.8 Å². The molecule has 0 saturated heterocycles. The van der Waals surface area contributed by atoms with Gasteiger partial charge in [0.25, 0.3) is 0 Å². The summed E-state index contributed by atoms with van der Waals surface area (Å²) in [5, 5.41) is 0. The van der Waals surface area contributed by atoms with Crippen molar-refractivity contribution in [1.82, 2.24) is 0 Å². The lowest BCUT2D eigenvalue weighted by Crippen LogP contribution is -2.33. The van der Waals surface area contributed by atoms with Crippen molar-refractivity contribution in [2.75, 3.05) is 12.3 Å². The SMILES string of the molecule is CCCCCCCCCC/C=C/[N+](/C=C/CCCCCCCCCC)(/C=C/CCCCCCCCCC)CCCS(=O)(=O)[O-]. The molecular formula is C39H75NO3S. The highest BCUT2D eigenvalue weighted by Crippen LogP contribution is 2.19. The van der Waals surface area contributed by atoms with E-state index >= 15 is 0 Å². The molecule has 0 aromatic rings. The average Bonchev–Trinajstić information content (AvgIpc) is 2.99. The van der Waals surface area contributed by atoms with Gasteiger partial charge in [-0.15, -0.1) is 0 Å². The van der Waals surface area contributed by atoms with Crippen LogP contribution in [0.1, 0.15) is 201 Å². The van der Waals surface area contributed by atoms with Crippen molar-refractivity contribution in [1.29, 1.82) is 0 Å². The van der Waals surface area contributed by atoms with Crippen LogP contribution in [0.3, 0.4) is 0 Å². The second-order valence-corrected chi connectivity index (χ2v) is 14.8. The summed E-state index contributed by atoms with van der Waals surface area (Å²) in [7, 11) is -4.21. The highest BCUT2D eigenvalue weighted by Gasteiger charge is 2.19. The van der Waals surface area contributed by atoms with E-state index in [2.05, 4.69) is 57.6 Å². The maximum absolute atomic E-state index is 11.4. The van der Waals surface area contributed by atoms with Crippen LogP contribution in [0, 0.1) is 0 Å². The van der Waals surface area contributed by atoms with Crippen LogP contribution in [0.15, 0.2) is 36.8 Å². The monoisotopic (exact) mass is 638 g/mol. The molecule has 5 heteroatoms. The van der Waals surface area contributed by atoms with Crippen molar-refractivity contribution in [2.45, 2.75) is 201 Å². The zero-order valence-corrected chi connectivity index (χ0v) is 30.6. The van der Waals surface area contributed by atoms with Crippen LogP contribution in [0.2, 0.25) is 0 Å². The summed E-state index contributed by atoms with van der Waals surface area (Å²) < 4.78 is 34.8. The zero-order valence-electron chi connectivity index (χ0n) is 29.8. The summed E-state index contributed by atoms with van der Waals surface area (Å²) in [6.45, 7) is 7.41. The van der Waals surface area contributed by atoms with E-state index in [0.717, 1.165) is 19.3 Å². The van der Waals surface area contributed by atoms with Crippen LogP contribution in [0.25, 0.3) is 0 Å². The van der Waals surface area contributed by atoms with Crippen LogP contribution in [0.5, 0.6) is 0 Å². The van der Waals surface area contributed by atoms with Gasteiger partial charge in [-0.1, -0.05) is 156 Å². The van der Waals surface area contributed by atoms with Gasteiger partial charge in [0.1, 0.15) is 18.6 Å². The Hall–Kier alpha value is -0.910. The smallest absolute Gasteiger partial charge is 0.101 e. The first-order chi connectivity index (χ1) is 21.4. The molecule has 0 aromatic heterocycles. The van der Waals surface area contributed by atoms with Crippen LogP contribution in [0.4, 0.5) is 0 Å². The predicted octanol–water partition coefficient (Wildman–Crippen LogP) is 12.9. The van der Waals surface area contributed by atoms with E-state index in [0.29, 0.717) is 17.4 Å². The quantitative estimate of drug-likeness (QED) is 0.0401. The van der Waals surface area contributed by atoms with Crippen molar-refractivity contribution >= 4 is 10.1 Å². The van der Waals surface area contributed by atoms with Gasteiger partial charge < -0.3 is 4.55 Å². The Morgan fingerprint density at radius 2 is 0.705 bits per heavy atom. The second kappa shape index (κ2) is 32.0. The molecule has 0 saturated carbocycles. The first kappa shape index (κ1) is 43.1. The minimum atomic E-state index is -4.21. The lowest BCUT2D eigenvalue weighted by atomic mass is 10.1. The zero-order chi connectivity index (χ0) is 32.5. The molecule has 4 nitrogen and oxygen atoms in total. The molecule has 0 aliphatic rings. The molecule has 0 amide bonds. The summed E-state index contributed by atoms with van der Waals surface area (Å²) in [5.41, 5.74) is 0. The minimum absolute atomic E-state index is 0.295. The average molecular weight is 638 g/mol.